The minimum Gasteiger partial charge on any atom is -0.366 e. The predicted molar refractivity (Wildman–Crippen MR) is 167 cm³/mol. The monoisotopic (exact) mass is 650 g/mol. The van der Waals surface area contributed by atoms with Crippen LogP contribution in [0.2, 0.25) is 0 Å². The van der Waals surface area contributed by atoms with Crippen molar-refractivity contribution in [3.63, 3.8) is 0 Å². The maximum atomic E-state index is 14.1. The van der Waals surface area contributed by atoms with E-state index in [9.17, 15) is 29.4 Å². The first-order valence-electron chi connectivity index (χ1n) is 13.9. The number of hydrogen-bond donors (Lipinski definition) is 2. The molecule has 0 aliphatic heterocycles. The first-order valence-corrected chi connectivity index (χ1v) is 17.1. The summed E-state index contributed by atoms with van der Waals surface area (Å²) in [7, 11) is -7.98. The van der Waals surface area contributed by atoms with E-state index in [0.29, 0.717) is 11.4 Å². The highest BCUT2D eigenvalue weighted by molar-refractivity contribution is 7.54. The van der Waals surface area contributed by atoms with Gasteiger partial charge in [-0.05, 0) is 51.0 Å². The molecule has 0 aliphatic rings. The molecule has 2 atom stereocenters. The number of benzene rings is 3. The van der Waals surface area contributed by atoms with Gasteiger partial charge in [0.1, 0.15) is 0 Å². The fourth-order valence-electron chi connectivity index (χ4n) is 4.43. The van der Waals surface area contributed by atoms with Gasteiger partial charge in [-0.1, -0.05) is 36.4 Å². The van der Waals surface area contributed by atoms with Gasteiger partial charge < -0.3 is 28.7 Å². The van der Waals surface area contributed by atoms with Gasteiger partial charge in [-0.3, -0.25) is 29.4 Å². The minimum atomic E-state index is -3.99. The number of non-ortho nitro benzene ring substituents is 2. The summed E-state index contributed by atoms with van der Waals surface area (Å²) in [5.74, 6) is -2.40. The lowest BCUT2D eigenvalue weighted by molar-refractivity contribution is -0.385. The van der Waals surface area contributed by atoms with Crippen LogP contribution in [0.15, 0.2) is 72.8 Å². The van der Waals surface area contributed by atoms with Crippen LogP contribution in [0.25, 0.3) is 0 Å². The molecule has 0 spiro atoms. The van der Waals surface area contributed by atoms with Gasteiger partial charge in [0.15, 0.2) is 11.6 Å². The fourth-order valence-corrected chi connectivity index (χ4v) is 8.26. The largest absolute Gasteiger partial charge is 0.366 e. The number of nitro groups is 2. The molecule has 0 saturated carbocycles. The molecule has 16 heteroatoms. The van der Waals surface area contributed by atoms with E-state index in [1.165, 1.54) is 36.4 Å². The molecule has 0 fully saturated rings. The van der Waals surface area contributed by atoms with Crippen LogP contribution in [0.3, 0.4) is 0 Å². The van der Waals surface area contributed by atoms with Crippen molar-refractivity contribution in [2.24, 2.45) is 0 Å². The molecule has 0 aliphatic carbocycles. The molecule has 238 valence electrons. The van der Waals surface area contributed by atoms with Crippen LogP contribution < -0.4 is 10.6 Å². The molecule has 3 aromatic carbocycles. The Morgan fingerprint density at radius 2 is 0.955 bits per heavy atom. The maximum Gasteiger partial charge on any atom is 0.357 e. The van der Waals surface area contributed by atoms with Gasteiger partial charge in [0, 0.05) is 24.3 Å². The average Bonchev–Trinajstić information content (AvgIpc) is 2.99. The molecule has 0 amide bonds. The number of nitrogens with zero attached hydrogens (tertiary/aromatic N) is 2. The van der Waals surface area contributed by atoms with E-state index < -0.39 is 36.6 Å². The summed E-state index contributed by atoms with van der Waals surface area (Å²) in [5.41, 5.74) is 0.755. The zero-order valence-corrected chi connectivity index (χ0v) is 26.6. The Morgan fingerprint density at radius 1 is 0.614 bits per heavy atom. The lowest BCUT2D eigenvalue weighted by atomic mass is 10.1. The molecule has 0 bridgehead atoms. The Labute approximate surface area is 255 Å². The van der Waals surface area contributed by atoms with Crippen LogP contribution in [-0.4, -0.2) is 36.3 Å². The van der Waals surface area contributed by atoms with E-state index in [0.717, 1.165) is 0 Å². The number of rotatable bonds is 18. The van der Waals surface area contributed by atoms with Crippen molar-refractivity contribution in [1.29, 1.82) is 0 Å². The van der Waals surface area contributed by atoms with Gasteiger partial charge in [0.25, 0.3) is 11.4 Å². The summed E-state index contributed by atoms with van der Waals surface area (Å²) in [6, 6.07) is 17.9. The molecular weight excluding hydrogens is 614 g/mol. The van der Waals surface area contributed by atoms with Crippen molar-refractivity contribution in [2.75, 3.05) is 37.1 Å². The molecule has 14 nitrogen and oxygen atoms in total. The number of nitro benzene ring substituents is 2. The second-order valence-corrected chi connectivity index (χ2v) is 13.3. The van der Waals surface area contributed by atoms with Crippen molar-refractivity contribution >= 4 is 37.9 Å². The fraction of sp³-hybridized carbons (Fsp3) is 0.357. The normalized spacial score (nSPS) is 13.2. The van der Waals surface area contributed by atoms with Crippen molar-refractivity contribution in [1.82, 2.24) is 0 Å². The Kier molecular flexibility index (Phi) is 12.6. The van der Waals surface area contributed by atoms with E-state index in [4.69, 9.17) is 18.1 Å². The van der Waals surface area contributed by atoms with Crippen LogP contribution in [0.1, 0.15) is 50.4 Å². The first kappa shape index (κ1) is 34.8. The average molecular weight is 651 g/mol. The zero-order chi connectivity index (χ0) is 32.3. The molecule has 2 unspecified atom stereocenters. The Hall–Kier alpha value is -3.64. The highest BCUT2D eigenvalue weighted by Crippen LogP contribution is 2.63. The third-order valence-electron chi connectivity index (χ3n) is 6.17. The Morgan fingerprint density at radius 3 is 1.25 bits per heavy atom. The number of para-hydroxylation sites is 2. The SMILES string of the molecule is CCOP(=O)(OCC)C(Nc1ccccc1NC(c1cccc([N+](=O)[O-])c1)P(=O)(OCC)OCC)c1cccc([N+](=O)[O-])c1. The van der Waals surface area contributed by atoms with Gasteiger partial charge in [0.2, 0.25) is 0 Å². The van der Waals surface area contributed by atoms with E-state index in [-0.39, 0.29) is 48.9 Å². The van der Waals surface area contributed by atoms with Gasteiger partial charge in [-0.15, -0.1) is 0 Å². The van der Waals surface area contributed by atoms with Crippen LogP contribution in [-0.2, 0) is 27.2 Å². The smallest absolute Gasteiger partial charge is 0.357 e. The quantitative estimate of drug-likeness (QED) is 0.0765. The van der Waals surface area contributed by atoms with Crippen molar-refractivity contribution in [3.8, 4) is 0 Å². The van der Waals surface area contributed by atoms with Crippen LogP contribution in [0.5, 0.6) is 0 Å². The zero-order valence-electron chi connectivity index (χ0n) is 24.8. The number of anilines is 2. The second-order valence-electron chi connectivity index (χ2n) is 9.09. The molecular formula is C28H36N4O10P2. The third kappa shape index (κ3) is 8.50. The van der Waals surface area contributed by atoms with Crippen LogP contribution in [0.4, 0.5) is 22.7 Å². The Bertz CT molecular complexity index is 1410. The molecule has 44 heavy (non-hydrogen) atoms. The molecule has 0 saturated heterocycles. The number of nitrogens with one attached hydrogen (secondary N) is 2. The summed E-state index contributed by atoms with van der Waals surface area (Å²) >= 11 is 0. The maximum absolute atomic E-state index is 14.1. The van der Waals surface area contributed by atoms with Gasteiger partial charge in [-0.25, -0.2) is 0 Å². The summed E-state index contributed by atoms with van der Waals surface area (Å²) in [4.78, 5) is 22.0. The lowest BCUT2D eigenvalue weighted by Gasteiger charge is -2.31. The summed E-state index contributed by atoms with van der Waals surface area (Å²) in [6.45, 7) is 6.72. The Balaban J connectivity index is 2.17. The van der Waals surface area contributed by atoms with E-state index in [1.807, 2.05) is 0 Å². The summed E-state index contributed by atoms with van der Waals surface area (Å²) < 4.78 is 50.8. The topological polar surface area (TPSA) is 181 Å². The first-order chi connectivity index (χ1) is 21.0. The summed E-state index contributed by atoms with van der Waals surface area (Å²) in [6.07, 6.45) is 0. The van der Waals surface area contributed by atoms with Gasteiger partial charge in [-0.2, -0.15) is 0 Å². The molecule has 0 radical (unpaired) electrons. The highest BCUT2D eigenvalue weighted by Gasteiger charge is 2.40. The van der Waals surface area contributed by atoms with Crippen LogP contribution in [0, 0.1) is 20.2 Å². The standard InChI is InChI=1S/C28H36N4O10P2/c1-5-39-43(37,40-6-2)27(21-13-11-15-23(19-21)31(33)34)29-25-17-9-10-18-26(25)30-28(44(38,41-7-3)42-8-4)22-14-12-16-24(20-22)32(35)36/h9-20,27-30H,5-8H2,1-4H3. The predicted octanol–water partition coefficient (Wildman–Crippen LogP) is 8.26. The molecule has 3 aromatic rings. The van der Waals surface area contributed by atoms with Crippen molar-refractivity contribution < 1.29 is 37.1 Å². The van der Waals surface area contributed by atoms with Crippen LogP contribution >= 0.6 is 15.2 Å². The summed E-state index contributed by atoms with van der Waals surface area (Å²) in [5, 5.41) is 29.5. The van der Waals surface area contributed by atoms with Crippen molar-refractivity contribution in [3.05, 3.63) is 104 Å². The van der Waals surface area contributed by atoms with E-state index in [1.54, 1.807) is 64.1 Å². The molecule has 2 N–H and O–H groups in total. The highest BCUT2D eigenvalue weighted by atomic mass is 31.2. The van der Waals surface area contributed by atoms with E-state index >= 15 is 0 Å². The van der Waals surface area contributed by atoms with Crippen molar-refractivity contribution in [2.45, 2.75) is 39.3 Å². The van der Waals surface area contributed by atoms with Gasteiger partial charge >= 0.3 is 15.2 Å². The lowest BCUT2D eigenvalue weighted by Crippen LogP contribution is -2.19. The second kappa shape index (κ2) is 15.9. The van der Waals surface area contributed by atoms with Gasteiger partial charge in [0.05, 0.1) is 47.6 Å². The number of hydrogen-bond acceptors (Lipinski definition) is 12. The third-order valence-corrected chi connectivity index (χ3v) is 10.8. The van der Waals surface area contributed by atoms with E-state index in [2.05, 4.69) is 10.6 Å². The minimum absolute atomic E-state index is 0.0328. The molecule has 0 aromatic heterocycles. The molecule has 3 rings (SSSR count). The molecule has 0 heterocycles.